The van der Waals surface area contributed by atoms with E-state index in [0.717, 1.165) is 51.7 Å². The minimum atomic E-state index is 0.597. The minimum Gasteiger partial charge on any atom is -0.370 e. The van der Waals surface area contributed by atoms with Crippen LogP contribution in [0.15, 0.2) is 5.10 Å². The van der Waals surface area contributed by atoms with Crippen LogP contribution in [0.2, 0.25) is 0 Å². The van der Waals surface area contributed by atoms with Gasteiger partial charge in [-0.25, -0.2) is 0 Å². The lowest BCUT2D eigenvalue weighted by Gasteiger charge is -2.30. The summed E-state index contributed by atoms with van der Waals surface area (Å²) in [4.78, 5) is 1.58. The predicted octanol–water partition coefficient (Wildman–Crippen LogP) is 0.814. The molecule has 0 bridgehead atoms. The Morgan fingerprint density at radius 3 is 2.78 bits per heavy atom. The van der Waals surface area contributed by atoms with Gasteiger partial charge in [-0.15, -0.1) is 0 Å². The van der Waals surface area contributed by atoms with Crippen molar-refractivity contribution in [1.29, 1.82) is 0 Å². The minimum absolute atomic E-state index is 0.597. The monoisotopic (exact) mass is 341 g/mol. The van der Waals surface area contributed by atoms with Crippen molar-refractivity contribution in [2.24, 2.45) is 22.9 Å². The summed E-state index contributed by atoms with van der Waals surface area (Å²) < 4.78 is 5.37. The summed E-state index contributed by atoms with van der Waals surface area (Å²) >= 11 is 5.36. The van der Waals surface area contributed by atoms with E-state index in [-0.39, 0.29) is 0 Å². The normalized spacial score (nSPS) is 28.1. The molecule has 1 aliphatic heterocycles. The third-order valence-electron chi connectivity index (χ3n) is 5.03. The number of nitrogens with one attached hydrogen (secondary N) is 3. The van der Waals surface area contributed by atoms with Crippen LogP contribution in [-0.2, 0) is 4.74 Å². The van der Waals surface area contributed by atoms with Gasteiger partial charge in [-0.3, -0.25) is 5.43 Å². The van der Waals surface area contributed by atoms with Crippen molar-refractivity contribution >= 4 is 23.0 Å². The summed E-state index contributed by atoms with van der Waals surface area (Å²) in [5.41, 5.74) is 4.36. The molecule has 1 heterocycles. The van der Waals surface area contributed by atoms with Gasteiger partial charge in [0.1, 0.15) is 13.1 Å². The molecule has 6 heteroatoms. The van der Waals surface area contributed by atoms with Gasteiger partial charge in [0.25, 0.3) is 0 Å². The molecular formula is C17H33N4OS+. The largest absolute Gasteiger partial charge is 0.370 e. The predicted molar refractivity (Wildman–Crippen MR) is 98.9 cm³/mol. The van der Waals surface area contributed by atoms with Crippen LogP contribution in [0.4, 0.5) is 0 Å². The van der Waals surface area contributed by atoms with E-state index in [1.807, 2.05) is 0 Å². The number of hydrazone groups is 1. The maximum atomic E-state index is 5.37. The van der Waals surface area contributed by atoms with Gasteiger partial charge in [0.2, 0.25) is 0 Å². The second-order valence-electron chi connectivity index (χ2n) is 7.32. The van der Waals surface area contributed by atoms with Gasteiger partial charge >= 0.3 is 0 Å². The summed E-state index contributed by atoms with van der Waals surface area (Å²) in [6.45, 7) is 12.8. The van der Waals surface area contributed by atoms with Crippen LogP contribution >= 0.6 is 12.2 Å². The number of hydrogen-bond acceptors (Lipinski definition) is 3. The van der Waals surface area contributed by atoms with Gasteiger partial charge in [-0.1, -0.05) is 20.8 Å². The van der Waals surface area contributed by atoms with Crippen LogP contribution in [0.1, 0.15) is 40.0 Å². The maximum Gasteiger partial charge on any atom is 0.187 e. The van der Waals surface area contributed by atoms with Gasteiger partial charge in [-0.05, 0) is 43.3 Å². The molecule has 2 rings (SSSR count). The average Bonchev–Trinajstić information content (AvgIpc) is 2.53. The Morgan fingerprint density at radius 2 is 2.09 bits per heavy atom. The van der Waals surface area contributed by atoms with E-state index in [1.165, 1.54) is 18.6 Å². The molecule has 0 spiro atoms. The Bertz CT molecular complexity index is 407. The van der Waals surface area contributed by atoms with Gasteiger partial charge < -0.3 is 15.0 Å². The second kappa shape index (κ2) is 9.55. The Hall–Kier alpha value is -0.720. The maximum absolute atomic E-state index is 5.37. The number of morpholine rings is 1. The van der Waals surface area contributed by atoms with Crippen LogP contribution in [0.3, 0.4) is 0 Å². The Labute approximate surface area is 146 Å². The van der Waals surface area contributed by atoms with Crippen LogP contribution < -0.4 is 15.6 Å². The smallest absolute Gasteiger partial charge is 0.187 e. The first-order chi connectivity index (χ1) is 11.1. The molecule has 0 unspecified atom stereocenters. The van der Waals surface area contributed by atoms with Crippen LogP contribution in [-0.4, -0.2) is 50.2 Å². The van der Waals surface area contributed by atoms with E-state index in [9.17, 15) is 0 Å². The molecule has 132 valence electrons. The molecule has 23 heavy (non-hydrogen) atoms. The molecule has 1 saturated carbocycles. The van der Waals surface area contributed by atoms with E-state index < -0.39 is 0 Å². The first-order valence-corrected chi connectivity index (χ1v) is 9.48. The fourth-order valence-electron chi connectivity index (χ4n) is 3.51. The molecule has 1 aliphatic carbocycles. The average molecular weight is 342 g/mol. The molecule has 0 radical (unpaired) electrons. The molecule has 0 aromatic rings. The van der Waals surface area contributed by atoms with Crippen molar-refractivity contribution in [1.82, 2.24) is 10.7 Å². The zero-order valence-electron chi connectivity index (χ0n) is 14.9. The standard InChI is InChI=1S/C17H32N4OS/c1-13(2)15-5-4-14(3)12-16(15)19-20-17(23)18-6-7-21-8-10-22-11-9-21/h13-15H,4-12H2,1-3H3,(H2,18,20,23)/p+1/b19-16-/t14-,15+/m1/s1. The zero-order valence-corrected chi connectivity index (χ0v) is 15.7. The van der Waals surface area contributed by atoms with E-state index in [4.69, 9.17) is 17.0 Å². The Balaban J connectivity index is 1.72. The molecule has 5 nitrogen and oxygen atoms in total. The quantitative estimate of drug-likeness (QED) is 0.512. The first kappa shape index (κ1) is 18.6. The zero-order chi connectivity index (χ0) is 16.7. The molecule has 2 fully saturated rings. The summed E-state index contributed by atoms with van der Waals surface area (Å²) in [5, 5.41) is 8.56. The number of thiocarbonyl (C=S) groups is 1. The van der Waals surface area contributed by atoms with Gasteiger partial charge in [-0.2, -0.15) is 5.10 Å². The van der Waals surface area contributed by atoms with Crippen molar-refractivity contribution in [3.8, 4) is 0 Å². The first-order valence-electron chi connectivity index (χ1n) is 9.08. The number of hydrogen-bond donors (Lipinski definition) is 3. The van der Waals surface area contributed by atoms with Crippen LogP contribution in [0.25, 0.3) is 0 Å². The van der Waals surface area contributed by atoms with Crippen molar-refractivity contribution in [3.05, 3.63) is 0 Å². The molecule has 1 saturated heterocycles. The van der Waals surface area contributed by atoms with Gasteiger partial charge in [0, 0.05) is 11.6 Å². The lowest BCUT2D eigenvalue weighted by molar-refractivity contribution is -0.906. The molecule has 2 atom stereocenters. The number of quaternary nitrogens is 1. The Morgan fingerprint density at radius 1 is 1.35 bits per heavy atom. The molecule has 3 N–H and O–H groups in total. The summed E-state index contributed by atoms with van der Waals surface area (Å²) in [5.74, 6) is 1.98. The second-order valence-corrected chi connectivity index (χ2v) is 7.73. The lowest BCUT2D eigenvalue weighted by atomic mass is 9.76. The summed E-state index contributed by atoms with van der Waals surface area (Å²) in [6, 6.07) is 0. The topological polar surface area (TPSA) is 50.1 Å². The lowest BCUT2D eigenvalue weighted by Crippen LogP contribution is -3.14. The highest BCUT2D eigenvalue weighted by molar-refractivity contribution is 7.80. The molecule has 0 amide bonds. The number of ether oxygens (including phenoxy) is 1. The van der Waals surface area contributed by atoms with Crippen molar-refractivity contribution < 1.29 is 9.64 Å². The van der Waals surface area contributed by atoms with E-state index in [1.54, 1.807) is 4.90 Å². The highest BCUT2D eigenvalue weighted by Gasteiger charge is 2.27. The van der Waals surface area contributed by atoms with Crippen molar-refractivity contribution in [2.45, 2.75) is 40.0 Å². The SMILES string of the molecule is CC(C)[C@@H]1CC[C@@H](C)C/C1=N/NC(=S)NCC[NH+]1CCOCC1. The number of nitrogens with zero attached hydrogens (tertiary/aromatic N) is 1. The van der Waals surface area contributed by atoms with Crippen LogP contribution in [0.5, 0.6) is 0 Å². The van der Waals surface area contributed by atoms with E-state index in [0.29, 0.717) is 16.9 Å². The summed E-state index contributed by atoms with van der Waals surface area (Å²) in [6.07, 6.45) is 3.66. The molecule has 0 aromatic carbocycles. The molecule has 2 aliphatic rings. The van der Waals surface area contributed by atoms with E-state index in [2.05, 4.69) is 36.6 Å². The van der Waals surface area contributed by atoms with Crippen molar-refractivity contribution in [3.63, 3.8) is 0 Å². The highest BCUT2D eigenvalue weighted by Crippen LogP contribution is 2.31. The van der Waals surface area contributed by atoms with Gasteiger partial charge in [0.15, 0.2) is 5.11 Å². The third-order valence-corrected chi connectivity index (χ3v) is 5.26. The highest BCUT2D eigenvalue weighted by atomic mass is 32.1. The molecule has 0 aromatic heterocycles. The van der Waals surface area contributed by atoms with Crippen molar-refractivity contribution in [2.75, 3.05) is 39.4 Å². The number of rotatable bonds is 5. The Kier molecular flexibility index (Phi) is 7.73. The molecular weight excluding hydrogens is 308 g/mol. The summed E-state index contributed by atoms with van der Waals surface area (Å²) in [7, 11) is 0. The van der Waals surface area contributed by atoms with Crippen LogP contribution in [0, 0.1) is 17.8 Å². The van der Waals surface area contributed by atoms with Gasteiger partial charge in [0.05, 0.1) is 26.3 Å². The van der Waals surface area contributed by atoms with E-state index >= 15 is 0 Å². The fraction of sp³-hybridized carbons (Fsp3) is 0.882. The fourth-order valence-corrected chi connectivity index (χ4v) is 3.66. The third kappa shape index (κ3) is 6.36.